The average Bonchev–Trinajstić information content (AvgIpc) is 3.32. The molecule has 3 aliphatic rings. The van der Waals surface area contributed by atoms with Crippen LogP contribution in [0, 0.1) is 10.8 Å². The zero-order valence-electron chi connectivity index (χ0n) is 17.4. The summed E-state index contributed by atoms with van der Waals surface area (Å²) >= 11 is 0. The minimum absolute atomic E-state index is 0.401. The molecule has 0 spiro atoms. The van der Waals surface area contributed by atoms with Crippen LogP contribution in [0.4, 0.5) is 11.8 Å². The predicted molar refractivity (Wildman–Crippen MR) is 122 cm³/mol. The summed E-state index contributed by atoms with van der Waals surface area (Å²) in [7, 11) is 0. The quantitative estimate of drug-likeness (QED) is 0.688. The van der Waals surface area contributed by atoms with Crippen LogP contribution in [-0.2, 0) is 6.54 Å². The summed E-state index contributed by atoms with van der Waals surface area (Å²) in [6.45, 7) is 5.22. The van der Waals surface area contributed by atoms with Crippen molar-refractivity contribution in [2.45, 2.75) is 32.2 Å². The first-order valence-electron chi connectivity index (χ1n) is 11.3. The second-order valence-electron chi connectivity index (χ2n) is 9.46. The fourth-order valence-electron chi connectivity index (χ4n) is 6.21. The smallest absolute Gasteiger partial charge is 0.227 e. The van der Waals surface area contributed by atoms with Crippen molar-refractivity contribution in [2.24, 2.45) is 10.8 Å². The molecule has 3 heterocycles. The number of nitrogens with one attached hydrogen (secondary N) is 2. The molecule has 5 heteroatoms. The summed E-state index contributed by atoms with van der Waals surface area (Å²) in [6.07, 6.45) is 5.39. The van der Waals surface area contributed by atoms with Gasteiger partial charge >= 0.3 is 0 Å². The molecule has 2 saturated heterocycles. The molecule has 154 valence electrons. The number of benzene rings is 2. The van der Waals surface area contributed by atoms with Crippen LogP contribution in [0.2, 0.25) is 0 Å². The van der Waals surface area contributed by atoms with Crippen molar-refractivity contribution in [3.63, 3.8) is 0 Å². The highest BCUT2D eigenvalue weighted by atomic mass is 15.3. The Morgan fingerprint density at radius 1 is 0.867 bits per heavy atom. The second-order valence-corrected chi connectivity index (χ2v) is 9.46. The van der Waals surface area contributed by atoms with Crippen molar-refractivity contribution in [2.75, 3.05) is 36.4 Å². The number of nitrogens with zero attached hydrogens (tertiary/aromatic N) is 3. The lowest BCUT2D eigenvalue weighted by atomic mass is 9.60. The lowest BCUT2D eigenvalue weighted by molar-refractivity contribution is 0.0945. The number of fused-ring (bicyclic) bond motifs is 1. The van der Waals surface area contributed by atoms with E-state index in [0.717, 1.165) is 55.4 Å². The molecule has 0 amide bonds. The summed E-state index contributed by atoms with van der Waals surface area (Å²) in [5.74, 6) is 1.83. The second kappa shape index (κ2) is 6.95. The molecule has 2 unspecified atom stereocenters. The molecule has 1 aliphatic carbocycles. The van der Waals surface area contributed by atoms with E-state index in [9.17, 15) is 0 Å². The van der Waals surface area contributed by atoms with Crippen LogP contribution in [0.5, 0.6) is 0 Å². The van der Waals surface area contributed by atoms with E-state index in [0.29, 0.717) is 10.8 Å². The van der Waals surface area contributed by atoms with Gasteiger partial charge in [-0.1, -0.05) is 55.3 Å². The number of anilines is 2. The number of para-hydroxylation sites is 1. The van der Waals surface area contributed by atoms with Crippen LogP contribution in [0.1, 0.15) is 31.2 Å². The normalized spacial score (nSPS) is 27.8. The first-order valence-corrected chi connectivity index (χ1v) is 11.3. The Kier molecular flexibility index (Phi) is 4.20. The molecule has 1 saturated carbocycles. The molecular formula is C25H29N5. The molecular weight excluding hydrogens is 370 g/mol. The highest BCUT2D eigenvalue weighted by Crippen LogP contribution is 2.58. The molecule has 2 atom stereocenters. The number of hydrogen-bond donors (Lipinski definition) is 2. The Labute approximate surface area is 177 Å². The minimum atomic E-state index is 0.401. The van der Waals surface area contributed by atoms with Crippen LogP contribution in [0.25, 0.3) is 10.9 Å². The standard InChI is InChI=1S/C25H29N5/c1-2-8-19(9-3-1)14-27-22-20-10-4-5-11-21(20)28-23(29-22)30-17-24-12-6-7-13-25(24,18-30)16-26-15-24/h1-5,8-11,26H,6-7,12-18H2,(H,27,28,29). The van der Waals surface area contributed by atoms with Gasteiger partial charge in [-0.05, 0) is 30.5 Å². The van der Waals surface area contributed by atoms with E-state index in [1.807, 2.05) is 0 Å². The third-order valence-electron chi connectivity index (χ3n) is 7.78. The summed E-state index contributed by atoms with van der Waals surface area (Å²) in [5, 5.41) is 8.40. The molecule has 1 aromatic heterocycles. The average molecular weight is 400 g/mol. The SMILES string of the molecule is c1ccc(CNc2nc(N3CC45CCCCC4(CNC5)C3)nc3ccccc23)cc1. The van der Waals surface area contributed by atoms with E-state index in [4.69, 9.17) is 9.97 Å². The summed E-state index contributed by atoms with van der Waals surface area (Å²) in [6, 6.07) is 18.9. The van der Waals surface area contributed by atoms with Gasteiger partial charge < -0.3 is 15.5 Å². The Morgan fingerprint density at radius 2 is 1.57 bits per heavy atom. The largest absolute Gasteiger partial charge is 0.365 e. The van der Waals surface area contributed by atoms with Gasteiger partial charge in [0, 0.05) is 48.9 Å². The zero-order valence-corrected chi connectivity index (χ0v) is 17.4. The van der Waals surface area contributed by atoms with Gasteiger partial charge in [-0.15, -0.1) is 0 Å². The van der Waals surface area contributed by atoms with Crippen molar-refractivity contribution < 1.29 is 0 Å². The predicted octanol–water partition coefficient (Wildman–Crippen LogP) is 4.21. The first kappa shape index (κ1) is 18.1. The molecule has 2 aromatic carbocycles. The molecule has 6 rings (SSSR count). The molecule has 2 aliphatic heterocycles. The van der Waals surface area contributed by atoms with Crippen LogP contribution in [0.3, 0.4) is 0 Å². The van der Waals surface area contributed by atoms with Crippen molar-refractivity contribution >= 4 is 22.7 Å². The van der Waals surface area contributed by atoms with Crippen LogP contribution in [0.15, 0.2) is 54.6 Å². The summed E-state index contributed by atoms with van der Waals surface area (Å²) in [5.41, 5.74) is 3.08. The maximum Gasteiger partial charge on any atom is 0.227 e. The lowest BCUT2D eigenvalue weighted by Gasteiger charge is -2.42. The van der Waals surface area contributed by atoms with Gasteiger partial charge in [0.05, 0.1) is 5.52 Å². The van der Waals surface area contributed by atoms with Gasteiger partial charge in [0.15, 0.2) is 0 Å². The zero-order chi connectivity index (χ0) is 20.0. The van der Waals surface area contributed by atoms with Crippen molar-refractivity contribution in [1.82, 2.24) is 15.3 Å². The van der Waals surface area contributed by atoms with Gasteiger partial charge in [-0.3, -0.25) is 0 Å². The Balaban J connectivity index is 1.35. The third kappa shape index (κ3) is 2.79. The topological polar surface area (TPSA) is 53.1 Å². The highest BCUT2D eigenvalue weighted by molar-refractivity contribution is 5.90. The van der Waals surface area contributed by atoms with Gasteiger partial charge in [0.1, 0.15) is 5.82 Å². The molecule has 0 radical (unpaired) electrons. The number of rotatable bonds is 4. The fourth-order valence-corrected chi connectivity index (χ4v) is 6.21. The Bertz CT molecular complexity index is 1050. The number of hydrogen-bond acceptors (Lipinski definition) is 5. The van der Waals surface area contributed by atoms with E-state index in [2.05, 4.69) is 70.1 Å². The first-order chi connectivity index (χ1) is 14.8. The molecule has 3 fully saturated rings. The summed E-state index contributed by atoms with van der Waals surface area (Å²) in [4.78, 5) is 12.5. The molecule has 5 nitrogen and oxygen atoms in total. The monoisotopic (exact) mass is 399 g/mol. The Hall–Kier alpha value is -2.66. The van der Waals surface area contributed by atoms with Gasteiger partial charge in [0.25, 0.3) is 0 Å². The van der Waals surface area contributed by atoms with Crippen molar-refractivity contribution in [3.8, 4) is 0 Å². The van der Waals surface area contributed by atoms with Gasteiger partial charge in [0.2, 0.25) is 5.95 Å². The summed E-state index contributed by atoms with van der Waals surface area (Å²) < 4.78 is 0. The number of aromatic nitrogens is 2. The van der Waals surface area contributed by atoms with Crippen molar-refractivity contribution in [3.05, 3.63) is 60.2 Å². The lowest BCUT2D eigenvalue weighted by Crippen LogP contribution is -2.42. The highest BCUT2D eigenvalue weighted by Gasteiger charge is 2.61. The van der Waals surface area contributed by atoms with E-state index in [-0.39, 0.29) is 0 Å². The van der Waals surface area contributed by atoms with Crippen LogP contribution < -0.4 is 15.5 Å². The maximum atomic E-state index is 5.06. The van der Waals surface area contributed by atoms with E-state index < -0.39 is 0 Å². The molecule has 0 bridgehead atoms. The van der Waals surface area contributed by atoms with E-state index >= 15 is 0 Å². The van der Waals surface area contributed by atoms with Gasteiger partial charge in [-0.25, -0.2) is 4.98 Å². The van der Waals surface area contributed by atoms with Crippen molar-refractivity contribution in [1.29, 1.82) is 0 Å². The molecule has 2 N–H and O–H groups in total. The third-order valence-corrected chi connectivity index (χ3v) is 7.78. The maximum absolute atomic E-state index is 5.06. The van der Waals surface area contributed by atoms with Gasteiger partial charge in [-0.2, -0.15) is 4.98 Å². The minimum Gasteiger partial charge on any atom is -0.365 e. The van der Waals surface area contributed by atoms with E-state index in [1.165, 1.54) is 31.2 Å². The Morgan fingerprint density at radius 3 is 2.33 bits per heavy atom. The van der Waals surface area contributed by atoms with Crippen LogP contribution >= 0.6 is 0 Å². The fraction of sp³-hybridized carbons (Fsp3) is 0.440. The van der Waals surface area contributed by atoms with E-state index in [1.54, 1.807) is 0 Å². The van der Waals surface area contributed by atoms with Crippen LogP contribution in [-0.4, -0.2) is 36.1 Å². The molecule has 30 heavy (non-hydrogen) atoms. The molecule has 3 aromatic rings.